The molecular formula is C17H23N5. The average Bonchev–Trinajstić information content (AvgIpc) is 2.91. The highest BCUT2D eigenvalue weighted by molar-refractivity contribution is 5.51. The van der Waals surface area contributed by atoms with E-state index >= 15 is 0 Å². The summed E-state index contributed by atoms with van der Waals surface area (Å²) in [6.07, 6.45) is 0.785. The molecule has 5 nitrogen and oxygen atoms in total. The fourth-order valence-corrected chi connectivity index (χ4v) is 2.56. The van der Waals surface area contributed by atoms with E-state index in [2.05, 4.69) is 61.1 Å². The van der Waals surface area contributed by atoms with Crippen LogP contribution in [0.5, 0.6) is 0 Å². The van der Waals surface area contributed by atoms with Crippen LogP contribution in [0.1, 0.15) is 39.1 Å². The van der Waals surface area contributed by atoms with Gasteiger partial charge in [0.05, 0.1) is 11.4 Å². The fourth-order valence-electron chi connectivity index (χ4n) is 2.56. The van der Waals surface area contributed by atoms with Gasteiger partial charge in [0.25, 0.3) is 0 Å². The van der Waals surface area contributed by atoms with Crippen molar-refractivity contribution >= 4 is 5.69 Å². The third-order valence-corrected chi connectivity index (χ3v) is 3.69. The van der Waals surface area contributed by atoms with Gasteiger partial charge < -0.3 is 4.90 Å². The van der Waals surface area contributed by atoms with E-state index in [1.807, 2.05) is 12.1 Å². The topological polar surface area (TPSA) is 57.7 Å². The third-order valence-electron chi connectivity index (χ3n) is 3.69. The molecule has 0 spiro atoms. The van der Waals surface area contributed by atoms with Gasteiger partial charge in [0.15, 0.2) is 5.69 Å². The Kier molecular flexibility index (Phi) is 5.16. The summed E-state index contributed by atoms with van der Waals surface area (Å²) in [5.74, 6) is 0.444. The van der Waals surface area contributed by atoms with Gasteiger partial charge in [-0.25, -0.2) is 4.68 Å². The Morgan fingerprint density at radius 3 is 2.32 bits per heavy atom. The largest absolute Gasteiger partial charge is 0.372 e. The maximum Gasteiger partial charge on any atom is 0.186 e. The van der Waals surface area contributed by atoms with Crippen molar-refractivity contribution in [3.05, 3.63) is 35.7 Å². The standard InChI is InChI=1S/C17H23N5/c1-5-21(6-2)14-7-9-15(10-8-14)22-17(11-13(3)4)16(12-18)19-20-22/h7-10,13H,5-6,11H2,1-4H3. The highest BCUT2D eigenvalue weighted by Gasteiger charge is 2.15. The van der Waals surface area contributed by atoms with Crippen molar-refractivity contribution in [1.82, 2.24) is 15.0 Å². The van der Waals surface area contributed by atoms with Crippen LogP contribution in [0.15, 0.2) is 24.3 Å². The second-order valence-corrected chi connectivity index (χ2v) is 5.70. The Morgan fingerprint density at radius 2 is 1.82 bits per heavy atom. The zero-order valence-electron chi connectivity index (χ0n) is 13.7. The Balaban J connectivity index is 2.36. The van der Waals surface area contributed by atoms with Crippen molar-refractivity contribution in [2.75, 3.05) is 18.0 Å². The number of anilines is 1. The average molecular weight is 297 g/mol. The van der Waals surface area contributed by atoms with Gasteiger partial charge in [0, 0.05) is 18.8 Å². The molecule has 1 heterocycles. The van der Waals surface area contributed by atoms with Crippen LogP contribution >= 0.6 is 0 Å². The number of nitrogens with zero attached hydrogens (tertiary/aromatic N) is 5. The number of hydrogen-bond acceptors (Lipinski definition) is 4. The molecule has 1 aromatic carbocycles. The first kappa shape index (κ1) is 16.0. The summed E-state index contributed by atoms with van der Waals surface area (Å²) in [5, 5.41) is 17.4. The normalized spacial score (nSPS) is 10.7. The third kappa shape index (κ3) is 3.28. The van der Waals surface area contributed by atoms with Crippen LogP contribution in [0.3, 0.4) is 0 Å². The molecule has 5 heteroatoms. The van der Waals surface area contributed by atoms with Gasteiger partial charge in [0.1, 0.15) is 6.07 Å². The van der Waals surface area contributed by atoms with Gasteiger partial charge in [-0.1, -0.05) is 19.1 Å². The molecule has 0 saturated carbocycles. The van der Waals surface area contributed by atoms with E-state index in [1.54, 1.807) is 4.68 Å². The zero-order chi connectivity index (χ0) is 16.1. The minimum atomic E-state index is 0.418. The van der Waals surface area contributed by atoms with Crippen LogP contribution in [0, 0.1) is 17.2 Å². The van der Waals surface area contributed by atoms with E-state index in [0.717, 1.165) is 30.9 Å². The molecule has 0 aliphatic heterocycles. The molecule has 22 heavy (non-hydrogen) atoms. The molecule has 0 saturated heterocycles. The van der Waals surface area contributed by atoms with E-state index < -0.39 is 0 Å². The molecule has 0 aliphatic rings. The van der Waals surface area contributed by atoms with Crippen LogP contribution in [0.4, 0.5) is 5.69 Å². The van der Waals surface area contributed by atoms with Crippen LogP contribution < -0.4 is 4.90 Å². The second-order valence-electron chi connectivity index (χ2n) is 5.70. The van der Waals surface area contributed by atoms with Gasteiger partial charge in [-0.3, -0.25) is 0 Å². The van der Waals surface area contributed by atoms with Gasteiger partial charge in [-0.05, 0) is 50.5 Å². The summed E-state index contributed by atoms with van der Waals surface area (Å²) in [6, 6.07) is 10.4. The molecule has 0 fully saturated rings. The minimum absolute atomic E-state index is 0.418. The van der Waals surface area contributed by atoms with Gasteiger partial charge >= 0.3 is 0 Å². The molecule has 0 amide bonds. The smallest absolute Gasteiger partial charge is 0.186 e. The van der Waals surface area contributed by atoms with Crippen molar-refractivity contribution in [1.29, 1.82) is 5.26 Å². The van der Waals surface area contributed by atoms with Crippen molar-refractivity contribution < 1.29 is 0 Å². The summed E-state index contributed by atoms with van der Waals surface area (Å²) in [4.78, 5) is 2.29. The lowest BCUT2D eigenvalue weighted by molar-refractivity contribution is 0.613. The number of aromatic nitrogens is 3. The summed E-state index contributed by atoms with van der Waals surface area (Å²) in [7, 11) is 0. The molecule has 1 aromatic heterocycles. The number of hydrogen-bond donors (Lipinski definition) is 0. The van der Waals surface area contributed by atoms with Crippen LogP contribution in [0.25, 0.3) is 5.69 Å². The van der Waals surface area contributed by atoms with Crippen molar-refractivity contribution in [2.24, 2.45) is 5.92 Å². The number of benzene rings is 1. The van der Waals surface area contributed by atoms with E-state index in [0.29, 0.717) is 11.6 Å². The summed E-state index contributed by atoms with van der Waals surface area (Å²) in [5.41, 5.74) is 3.44. The van der Waals surface area contributed by atoms with Gasteiger partial charge in [0.2, 0.25) is 0 Å². The molecule has 0 bridgehead atoms. The zero-order valence-corrected chi connectivity index (χ0v) is 13.7. The minimum Gasteiger partial charge on any atom is -0.372 e. The molecule has 2 aromatic rings. The SMILES string of the molecule is CCN(CC)c1ccc(-n2nnc(C#N)c2CC(C)C)cc1. The molecule has 0 unspecified atom stereocenters. The van der Waals surface area contributed by atoms with E-state index in [-0.39, 0.29) is 0 Å². The van der Waals surface area contributed by atoms with Gasteiger partial charge in [-0.2, -0.15) is 5.26 Å². The lowest BCUT2D eigenvalue weighted by Crippen LogP contribution is -2.21. The fraction of sp³-hybridized carbons (Fsp3) is 0.471. The molecule has 2 rings (SSSR count). The second kappa shape index (κ2) is 7.08. The van der Waals surface area contributed by atoms with E-state index in [1.165, 1.54) is 5.69 Å². The van der Waals surface area contributed by atoms with E-state index in [4.69, 9.17) is 0 Å². The Morgan fingerprint density at radius 1 is 1.18 bits per heavy atom. The first-order chi connectivity index (χ1) is 10.6. The van der Waals surface area contributed by atoms with Crippen molar-refractivity contribution in [3.63, 3.8) is 0 Å². The summed E-state index contributed by atoms with van der Waals surface area (Å²) in [6.45, 7) is 10.5. The summed E-state index contributed by atoms with van der Waals surface area (Å²) >= 11 is 0. The monoisotopic (exact) mass is 297 g/mol. The summed E-state index contributed by atoms with van der Waals surface area (Å²) < 4.78 is 1.78. The lowest BCUT2D eigenvalue weighted by atomic mass is 10.1. The van der Waals surface area contributed by atoms with E-state index in [9.17, 15) is 5.26 Å². The number of rotatable bonds is 6. The highest BCUT2D eigenvalue weighted by atomic mass is 15.4. The maximum atomic E-state index is 9.20. The molecule has 0 N–H and O–H groups in total. The van der Waals surface area contributed by atoms with Crippen LogP contribution in [-0.4, -0.2) is 28.1 Å². The van der Waals surface area contributed by atoms with Crippen LogP contribution in [0.2, 0.25) is 0 Å². The molecular weight excluding hydrogens is 274 g/mol. The predicted octanol–water partition coefficient (Wildman–Crippen LogP) is 3.18. The maximum absolute atomic E-state index is 9.20. The Labute approximate surface area is 132 Å². The molecule has 0 aliphatic carbocycles. The number of nitriles is 1. The lowest BCUT2D eigenvalue weighted by Gasteiger charge is -2.21. The molecule has 0 radical (unpaired) electrons. The van der Waals surface area contributed by atoms with Gasteiger partial charge in [-0.15, -0.1) is 5.10 Å². The van der Waals surface area contributed by atoms with Crippen molar-refractivity contribution in [3.8, 4) is 11.8 Å². The quantitative estimate of drug-likeness (QED) is 0.821. The van der Waals surface area contributed by atoms with Crippen molar-refractivity contribution in [2.45, 2.75) is 34.1 Å². The highest BCUT2D eigenvalue weighted by Crippen LogP contribution is 2.20. The molecule has 116 valence electrons. The first-order valence-electron chi connectivity index (χ1n) is 7.80. The first-order valence-corrected chi connectivity index (χ1v) is 7.80. The Hall–Kier alpha value is -2.35. The molecule has 0 atom stereocenters. The predicted molar refractivity (Wildman–Crippen MR) is 88.2 cm³/mol. The Bertz CT molecular complexity index is 645. The van der Waals surface area contributed by atoms with Crippen LogP contribution in [-0.2, 0) is 6.42 Å².